The van der Waals surface area contributed by atoms with Gasteiger partial charge in [-0.15, -0.1) is 0 Å². The van der Waals surface area contributed by atoms with Crippen LogP contribution in [0.4, 0.5) is 0 Å². The van der Waals surface area contributed by atoms with E-state index >= 15 is 0 Å². The van der Waals surface area contributed by atoms with Crippen LogP contribution in [0, 0.1) is 0 Å². The largest absolute Gasteiger partial charge is 0.466 e. The van der Waals surface area contributed by atoms with E-state index in [0.717, 1.165) is 44.4 Å². The van der Waals surface area contributed by atoms with Gasteiger partial charge in [0.25, 0.3) is 0 Å². The Kier molecular flexibility index (Phi) is 5.75. The van der Waals surface area contributed by atoms with Crippen molar-refractivity contribution in [1.29, 1.82) is 0 Å². The first-order valence-electron chi connectivity index (χ1n) is 9.73. The Bertz CT molecular complexity index is 889. The van der Waals surface area contributed by atoms with Crippen molar-refractivity contribution in [3.05, 3.63) is 84.4 Å². The molecular formula is C23H26N2O2. The van der Waals surface area contributed by atoms with Crippen LogP contribution in [-0.2, 0) is 15.9 Å². The summed E-state index contributed by atoms with van der Waals surface area (Å²) >= 11 is 0. The molecule has 4 rings (SSSR count). The number of nitrogens with one attached hydrogen (secondary N) is 2. The summed E-state index contributed by atoms with van der Waals surface area (Å²) in [7, 11) is 0. The Hall–Kier alpha value is -2.72. The molecule has 0 bridgehead atoms. The Balaban J connectivity index is 1.31. The molecule has 4 heteroatoms. The number of benzene rings is 1. The van der Waals surface area contributed by atoms with E-state index in [1.807, 2.05) is 0 Å². The van der Waals surface area contributed by atoms with Gasteiger partial charge in [-0.3, -0.25) is 0 Å². The van der Waals surface area contributed by atoms with Crippen molar-refractivity contribution in [2.24, 2.45) is 0 Å². The van der Waals surface area contributed by atoms with Gasteiger partial charge in [0.1, 0.15) is 18.8 Å². The van der Waals surface area contributed by atoms with E-state index in [2.05, 4.69) is 59.0 Å². The zero-order chi connectivity index (χ0) is 18.3. The third kappa shape index (κ3) is 4.34. The average molecular weight is 362 g/mol. The smallest absolute Gasteiger partial charge is 0.159 e. The lowest BCUT2D eigenvalue weighted by atomic mass is 9.96. The van der Waals surface area contributed by atoms with E-state index in [1.54, 1.807) is 18.8 Å². The maximum Gasteiger partial charge on any atom is 0.159 e. The van der Waals surface area contributed by atoms with Crippen LogP contribution in [0.15, 0.2) is 78.8 Å². The lowest BCUT2D eigenvalue weighted by molar-refractivity contribution is 0.233. The molecule has 27 heavy (non-hydrogen) atoms. The van der Waals surface area contributed by atoms with Gasteiger partial charge >= 0.3 is 0 Å². The monoisotopic (exact) mass is 362 g/mol. The number of H-pyrrole nitrogens is 1. The van der Waals surface area contributed by atoms with Gasteiger partial charge in [0.05, 0.1) is 6.04 Å². The third-order valence-electron chi connectivity index (χ3n) is 5.12. The fourth-order valence-corrected chi connectivity index (χ4v) is 3.71. The minimum Gasteiger partial charge on any atom is -0.466 e. The molecule has 0 radical (unpaired) electrons. The Morgan fingerprint density at radius 3 is 2.96 bits per heavy atom. The first-order chi connectivity index (χ1) is 13.4. The van der Waals surface area contributed by atoms with Gasteiger partial charge in [-0.05, 0) is 55.9 Å². The van der Waals surface area contributed by atoms with E-state index in [4.69, 9.17) is 9.47 Å². The van der Waals surface area contributed by atoms with Crippen molar-refractivity contribution in [1.82, 2.24) is 10.3 Å². The molecule has 0 saturated carbocycles. The van der Waals surface area contributed by atoms with Crippen molar-refractivity contribution in [2.45, 2.75) is 38.1 Å². The first-order valence-corrected chi connectivity index (χ1v) is 9.73. The zero-order valence-electron chi connectivity index (χ0n) is 15.5. The van der Waals surface area contributed by atoms with E-state index < -0.39 is 0 Å². The van der Waals surface area contributed by atoms with E-state index in [-0.39, 0.29) is 6.04 Å². The highest BCUT2D eigenvalue weighted by molar-refractivity contribution is 5.82. The number of unbranched alkanes of at least 4 members (excludes halogenated alkanes) is 1. The maximum absolute atomic E-state index is 5.68. The molecular weight excluding hydrogens is 336 g/mol. The molecule has 2 heterocycles. The van der Waals surface area contributed by atoms with Gasteiger partial charge in [-0.25, -0.2) is 0 Å². The third-order valence-corrected chi connectivity index (χ3v) is 5.12. The fourth-order valence-electron chi connectivity index (χ4n) is 3.71. The Morgan fingerprint density at radius 2 is 2.11 bits per heavy atom. The quantitative estimate of drug-likeness (QED) is 0.644. The van der Waals surface area contributed by atoms with Gasteiger partial charge in [0, 0.05) is 17.1 Å². The van der Waals surface area contributed by atoms with Gasteiger partial charge in [0.15, 0.2) is 5.76 Å². The average Bonchev–Trinajstić information content (AvgIpc) is 3.15. The van der Waals surface area contributed by atoms with Crippen LogP contribution in [0.5, 0.6) is 0 Å². The minimum absolute atomic E-state index is 0.0768. The number of hydrogen-bond donors (Lipinski definition) is 2. The molecule has 4 nitrogen and oxygen atoms in total. The summed E-state index contributed by atoms with van der Waals surface area (Å²) in [6, 6.07) is 8.58. The summed E-state index contributed by atoms with van der Waals surface area (Å²) in [4.78, 5) is 3.36. The molecule has 2 N–H and O–H groups in total. The Morgan fingerprint density at radius 1 is 1.15 bits per heavy atom. The van der Waals surface area contributed by atoms with Crippen LogP contribution in [0.1, 0.15) is 31.2 Å². The molecule has 1 aliphatic carbocycles. The number of allylic oxidation sites excluding steroid dienone is 3. The second kappa shape index (κ2) is 8.78. The highest BCUT2D eigenvalue weighted by atomic mass is 16.5. The van der Waals surface area contributed by atoms with Crippen molar-refractivity contribution in [3.63, 3.8) is 0 Å². The summed E-state index contributed by atoms with van der Waals surface area (Å²) < 4.78 is 11.0. The molecule has 2 aromatic rings. The molecule has 1 aromatic carbocycles. The SMILES string of the molecule is C1=CCCC(C(NCCCCc2c[nH]c3ccccc23)C2=COC=CO2)=C1. The molecule has 2 aliphatic rings. The molecule has 1 aliphatic heterocycles. The lowest BCUT2D eigenvalue weighted by Crippen LogP contribution is -2.35. The number of aryl methyl sites for hydroxylation is 1. The summed E-state index contributed by atoms with van der Waals surface area (Å²) in [6.07, 6.45) is 19.0. The molecule has 1 unspecified atom stereocenters. The number of rotatable bonds is 8. The molecule has 0 fully saturated rings. The topological polar surface area (TPSA) is 46.3 Å². The van der Waals surface area contributed by atoms with Crippen LogP contribution in [-0.4, -0.2) is 17.6 Å². The normalized spacial score (nSPS) is 17.2. The van der Waals surface area contributed by atoms with Gasteiger partial charge in [-0.2, -0.15) is 0 Å². The molecule has 0 amide bonds. The van der Waals surface area contributed by atoms with Crippen LogP contribution in [0.3, 0.4) is 0 Å². The number of para-hydroxylation sites is 1. The van der Waals surface area contributed by atoms with Crippen LogP contribution < -0.4 is 5.32 Å². The number of fused-ring (bicyclic) bond motifs is 1. The van der Waals surface area contributed by atoms with Crippen LogP contribution in [0.25, 0.3) is 10.9 Å². The summed E-state index contributed by atoms with van der Waals surface area (Å²) in [5, 5.41) is 5.00. The van der Waals surface area contributed by atoms with Crippen molar-refractivity contribution in [3.8, 4) is 0 Å². The highest BCUT2D eigenvalue weighted by Crippen LogP contribution is 2.24. The predicted molar refractivity (Wildman–Crippen MR) is 109 cm³/mol. The molecule has 1 aromatic heterocycles. The highest BCUT2D eigenvalue weighted by Gasteiger charge is 2.21. The number of hydrogen-bond acceptors (Lipinski definition) is 3. The fraction of sp³-hybridized carbons (Fsp3) is 0.304. The van der Waals surface area contributed by atoms with Crippen LogP contribution in [0.2, 0.25) is 0 Å². The van der Waals surface area contributed by atoms with Gasteiger partial charge in [0.2, 0.25) is 0 Å². The molecule has 0 saturated heterocycles. The predicted octanol–water partition coefficient (Wildman–Crippen LogP) is 5.08. The Labute approximate surface area is 160 Å². The standard InChI is InChI=1S/C23H26N2O2/c1-2-8-18(9-3-1)23(22-17-26-14-15-27-22)24-13-7-6-10-19-16-25-21-12-5-4-11-20(19)21/h1-2,4-5,8,11-12,14-17,23-25H,3,6-7,9-10,13H2. The minimum atomic E-state index is 0.0768. The van der Waals surface area contributed by atoms with Crippen molar-refractivity contribution in [2.75, 3.05) is 6.54 Å². The van der Waals surface area contributed by atoms with Crippen molar-refractivity contribution < 1.29 is 9.47 Å². The van der Waals surface area contributed by atoms with E-state index in [9.17, 15) is 0 Å². The first kappa shape index (κ1) is 17.7. The van der Waals surface area contributed by atoms with E-state index in [1.165, 1.54) is 22.0 Å². The summed E-state index contributed by atoms with van der Waals surface area (Å²) in [5.41, 5.74) is 3.97. The maximum atomic E-state index is 5.68. The van der Waals surface area contributed by atoms with Crippen molar-refractivity contribution >= 4 is 10.9 Å². The number of aromatic nitrogens is 1. The second-order valence-corrected chi connectivity index (χ2v) is 6.96. The van der Waals surface area contributed by atoms with E-state index in [0.29, 0.717) is 0 Å². The summed E-state index contributed by atoms with van der Waals surface area (Å²) in [6.45, 7) is 0.943. The molecule has 1 atom stereocenters. The van der Waals surface area contributed by atoms with Crippen LogP contribution >= 0.6 is 0 Å². The van der Waals surface area contributed by atoms with Gasteiger partial charge in [-0.1, -0.05) is 36.4 Å². The zero-order valence-corrected chi connectivity index (χ0v) is 15.5. The van der Waals surface area contributed by atoms with Gasteiger partial charge < -0.3 is 19.8 Å². The molecule has 0 spiro atoms. The lowest BCUT2D eigenvalue weighted by Gasteiger charge is -2.25. The molecule has 140 valence electrons. The number of ether oxygens (including phenoxy) is 2. The summed E-state index contributed by atoms with van der Waals surface area (Å²) in [5.74, 6) is 0.829. The second-order valence-electron chi connectivity index (χ2n) is 6.96. The number of aromatic amines is 1.